The minimum Gasteiger partial charge on any atom is -0.297 e. The molecule has 2 nitrogen and oxygen atoms in total. The summed E-state index contributed by atoms with van der Waals surface area (Å²) in [5.74, 6) is 0.258. The van der Waals surface area contributed by atoms with Gasteiger partial charge < -0.3 is 0 Å². The molecule has 2 fully saturated rings. The maximum atomic E-state index is 13.2. The molecule has 0 amide bonds. The van der Waals surface area contributed by atoms with Crippen molar-refractivity contribution in [3.8, 4) is 0 Å². The maximum absolute atomic E-state index is 13.2. The molecule has 0 spiro atoms. The van der Waals surface area contributed by atoms with Gasteiger partial charge in [0.1, 0.15) is 5.82 Å². The average Bonchev–Trinajstić information content (AvgIpc) is 2.80. The van der Waals surface area contributed by atoms with Crippen molar-refractivity contribution in [2.45, 2.75) is 37.4 Å². The zero-order chi connectivity index (χ0) is 20.3. The SMILES string of the molecule is Fc1ccc(CN2CCN3CC2CCC3C(c2ccccc2)c2ccccc2)cc1. The summed E-state index contributed by atoms with van der Waals surface area (Å²) in [6, 6.07) is 30.2. The number of hydrogen-bond donors (Lipinski definition) is 0. The molecule has 2 heterocycles. The van der Waals surface area contributed by atoms with Crippen molar-refractivity contribution >= 4 is 0 Å². The Kier molecular flexibility index (Phi) is 5.65. The normalized spacial score (nSPS) is 24.1. The lowest BCUT2D eigenvalue weighted by atomic mass is 9.79. The van der Waals surface area contributed by atoms with E-state index < -0.39 is 0 Å². The molecule has 3 aromatic carbocycles. The summed E-state index contributed by atoms with van der Waals surface area (Å²) in [6.45, 7) is 4.22. The van der Waals surface area contributed by atoms with Gasteiger partial charge in [0.15, 0.2) is 0 Å². The summed E-state index contributed by atoms with van der Waals surface area (Å²) in [5, 5.41) is 0. The first kappa shape index (κ1) is 19.5. The molecule has 154 valence electrons. The smallest absolute Gasteiger partial charge is 0.123 e. The molecule has 2 bridgehead atoms. The van der Waals surface area contributed by atoms with E-state index in [1.54, 1.807) is 12.1 Å². The van der Waals surface area contributed by atoms with Crippen LogP contribution in [0.25, 0.3) is 0 Å². The monoisotopic (exact) mass is 400 g/mol. The number of nitrogens with zero attached hydrogens (tertiary/aromatic N) is 2. The molecule has 0 N–H and O–H groups in total. The zero-order valence-electron chi connectivity index (χ0n) is 17.3. The van der Waals surface area contributed by atoms with Crippen molar-refractivity contribution in [1.82, 2.24) is 9.80 Å². The number of fused-ring (bicyclic) bond motifs is 2. The van der Waals surface area contributed by atoms with Crippen LogP contribution in [0, 0.1) is 5.82 Å². The highest BCUT2D eigenvalue weighted by atomic mass is 19.1. The fraction of sp³-hybridized carbons (Fsp3) is 0.333. The quantitative estimate of drug-likeness (QED) is 0.573. The number of piperazine rings is 1. The van der Waals surface area contributed by atoms with Gasteiger partial charge in [0.05, 0.1) is 0 Å². The standard InChI is InChI=1S/C27H29FN2/c28-24-13-11-21(12-14-24)19-29-17-18-30-20-25(29)15-16-26(30)27(22-7-3-1-4-8-22)23-9-5-2-6-10-23/h1-14,25-27H,15-20H2. The Labute approximate surface area is 179 Å². The minimum absolute atomic E-state index is 0.156. The first-order valence-corrected chi connectivity index (χ1v) is 11.1. The van der Waals surface area contributed by atoms with E-state index in [4.69, 9.17) is 0 Å². The third kappa shape index (κ3) is 4.05. The van der Waals surface area contributed by atoms with Crippen LogP contribution >= 0.6 is 0 Å². The lowest BCUT2D eigenvalue weighted by molar-refractivity contribution is -0.00356. The van der Waals surface area contributed by atoms with Crippen LogP contribution in [0.2, 0.25) is 0 Å². The Hall–Kier alpha value is -2.49. The molecule has 30 heavy (non-hydrogen) atoms. The molecular weight excluding hydrogens is 371 g/mol. The summed E-state index contributed by atoms with van der Waals surface area (Å²) >= 11 is 0. The van der Waals surface area contributed by atoms with E-state index in [0.29, 0.717) is 18.0 Å². The molecule has 3 atom stereocenters. The van der Waals surface area contributed by atoms with Crippen LogP contribution in [0.15, 0.2) is 84.9 Å². The number of piperidine rings is 1. The summed E-state index contributed by atoms with van der Waals surface area (Å²) < 4.78 is 13.2. The lowest BCUT2D eigenvalue weighted by Crippen LogP contribution is -2.60. The molecule has 3 unspecified atom stereocenters. The molecule has 5 rings (SSSR count). The molecule has 3 heteroatoms. The number of halogens is 1. The largest absolute Gasteiger partial charge is 0.297 e. The summed E-state index contributed by atoms with van der Waals surface area (Å²) in [7, 11) is 0. The second-order valence-electron chi connectivity index (χ2n) is 8.69. The maximum Gasteiger partial charge on any atom is 0.123 e. The van der Waals surface area contributed by atoms with Crippen LogP contribution in [0.4, 0.5) is 4.39 Å². The van der Waals surface area contributed by atoms with Crippen LogP contribution < -0.4 is 0 Å². The Bertz CT molecular complexity index is 902. The third-order valence-corrected chi connectivity index (χ3v) is 6.90. The Balaban J connectivity index is 1.34. The first-order chi connectivity index (χ1) is 14.8. The van der Waals surface area contributed by atoms with E-state index in [9.17, 15) is 4.39 Å². The number of hydrogen-bond acceptors (Lipinski definition) is 2. The van der Waals surface area contributed by atoms with Gasteiger partial charge in [-0.15, -0.1) is 0 Å². The molecule has 0 saturated carbocycles. The Morgan fingerprint density at radius 2 is 1.40 bits per heavy atom. The van der Waals surface area contributed by atoms with Gasteiger partial charge in [-0.3, -0.25) is 9.80 Å². The summed E-state index contributed by atoms with van der Waals surface area (Å²) in [4.78, 5) is 5.32. The van der Waals surface area contributed by atoms with Crippen LogP contribution in [0.1, 0.15) is 35.4 Å². The van der Waals surface area contributed by atoms with Crippen molar-refractivity contribution in [2.75, 3.05) is 19.6 Å². The van der Waals surface area contributed by atoms with Crippen molar-refractivity contribution in [1.29, 1.82) is 0 Å². The van der Waals surface area contributed by atoms with E-state index in [1.165, 1.54) is 29.5 Å². The van der Waals surface area contributed by atoms with Crippen LogP contribution in [0.5, 0.6) is 0 Å². The second kappa shape index (κ2) is 8.71. The van der Waals surface area contributed by atoms with Gasteiger partial charge in [-0.25, -0.2) is 4.39 Å². The fourth-order valence-corrected chi connectivity index (χ4v) is 5.41. The highest BCUT2D eigenvalue weighted by Crippen LogP contribution is 2.38. The van der Waals surface area contributed by atoms with E-state index in [-0.39, 0.29) is 5.82 Å². The van der Waals surface area contributed by atoms with Gasteiger partial charge in [0.2, 0.25) is 0 Å². The second-order valence-corrected chi connectivity index (χ2v) is 8.69. The molecule has 2 aliphatic heterocycles. The van der Waals surface area contributed by atoms with Gasteiger partial charge >= 0.3 is 0 Å². The number of rotatable bonds is 5. The van der Waals surface area contributed by atoms with Crippen molar-refractivity contribution in [3.63, 3.8) is 0 Å². The van der Waals surface area contributed by atoms with Gasteiger partial charge in [-0.1, -0.05) is 72.8 Å². The number of benzene rings is 3. The average molecular weight is 401 g/mol. The minimum atomic E-state index is -0.156. The predicted octanol–water partition coefficient (Wildman–Crippen LogP) is 5.31. The van der Waals surface area contributed by atoms with Gasteiger partial charge in [-0.05, 0) is 41.7 Å². The van der Waals surface area contributed by atoms with Crippen molar-refractivity contribution < 1.29 is 4.39 Å². The van der Waals surface area contributed by atoms with Crippen LogP contribution in [-0.2, 0) is 6.54 Å². The highest BCUT2D eigenvalue weighted by Gasteiger charge is 2.39. The fourth-order valence-electron chi connectivity index (χ4n) is 5.41. The van der Waals surface area contributed by atoms with Crippen LogP contribution in [0.3, 0.4) is 0 Å². The summed E-state index contributed by atoms with van der Waals surface area (Å²) in [6.07, 6.45) is 2.43. The first-order valence-electron chi connectivity index (χ1n) is 11.1. The lowest BCUT2D eigenvalue weighted by Gasteiger charge is -2.51. The van der Waals surface area contributed by atoms with Gasteiger partial charge in [0, 0.05) is 44.2 Å². The molecule has 2 saturated heterocycles. The van der Waals surface area contributed by atoms with E-state index >= 15 is 0 Å². The molecular formula is C27H29FN2. The summed E-state index contributed by atoms with van der Waals surface area (Å²) in [5.41, 5.74) is 4.04. The molecule has 0 aliphatic carbocycles. The van der Waals surface area contributed by atoms with Crippen molar-refractivity contribution in [3.05, 3.63) is 107 Å². The Morgan fingerprint density at radius 1 is 0.767 bits per heavy atom. The van der Waals surface area contributed by atoms with Gasteiger partial charge in [0.25, 0.3) is 0 Å². The molecule has 0 aromatic heterocycles. The topological polar surface area (TPSA) is 6.48 Å². The predicted molar refractivity (Wildman–Crippen MR) is 120 cm³/mol. The molecule has 3 aromatic rings. The third-order valence-electron chi connectivity index (χ3n) is 6.90. The molecule has 0 radical (unpaired) electrons. The van der Waals surface area contributed by atoms with Gasteiger partial charge in [-0.2, -0.15) is 0 Å². The zero-order valence-corrected chi connectivity index (χ0v) is 17.3. The van der Waals surface area contributed by atoms with Crippen molar-refractivity contribution in [2.24, 2.45) is 0 Å². The Morgan fingerprint density at radius 3 is 2.03 bits per heavy atom. The highest BCUT2D eigenvalue weighted by molar-refractivity contribution is 5.35. The van der Waals surface area contributed by atoms with E-state index in [2.05, 4.69) is 70.5 Å². The van der Waals surface area contributed by atoms with E-state index in [0.717, 1.165) is 26.2 Å². The molecule has 2 aliphatic rings. The van der Waals surface area contributed by atoms with E-state index in [1.807, 2.05) is 12.1 Å². The van der Waals surface area contributed by atoms with Crippen LogP contribution in [-0.4, -0.2) is 41.5 Å².